The third-order valence-corrected chi connectivity index (χ3v) is 5.27. The molecular formula is C22H24BrN3O2. The first kappa shape index (κ1) is 20.1. The molecule has 0 aliphatic heterocycles. The monoisotopic (exact) mass is 441 g/mol. The lowest BCUT2D eigenvalue weighted by atomic mass is 10.1. The van der Waals surface area contributed by atoms with Crippen molar-refractivity contribution in [1.29, 1.82) is 0 Å². The summed E-state index contributed by atoms with van der Waals surface area (Å²) in [4.78, 5) is 29.4. The van der Waals surface area contributed by atoms with Gasteiger partial charge >= 0.3 is 0 Å². The summed E-state index contributed by atoms with van der Waals surface area (Å²) < 4.78 is 0.963. The molecule has 0 saturated carbocycles. The molecule has 1 heterocycles. The Hall–Kier alpha value is -2.60. The molecule has 0 atom stereocenters. The number of nitrogens with one attached hydrogen (secondary N) is 2. The van der Waals surface area contributed by atoms with E-state index in [4.69, 9.17) is 0 Å². The molecule has 1 aromatic heterocycles. The summed E-state index contributed by atoms with van der Waals surface area (Å²) in [7, 11) is 1.67. The number of aromatic amines is 1. The summed E-state index contributed by atoms with van der Waals surface area (Å²) in [6, 6.07) is 13.8. The predicted molar refractivity (Wildman–Crippen MR) is 116 cm³/mol. The van der Waals surface area contributed by atoms with E-state index in [1.54, 1.807) is 7.05 Å². The molecule has 0 unspecified atom stereocenters. The molecule has 0 aliphatic carbocycles. The number of aryl methyl sites for hydroxylation is 2. The molecule has 2 N–H and O–H groups in total. The van der Waals surface area contributed by atoms with E-state index in [2.05, 4.69) is 32.3 Å². The number of hydrogen-bond acceptors (Lipinski definition) is 2. The maximum atomic E-state index is 12.4. The molecule has 2 amide bonds. The van der Waals surface area contributed by atoms with Crippen LogP contribution in [0.15, 0.2) is 53.1 Å². The van der Waals surface area contributed by atoms with Gasteiger partial charge in [0, 0.05) is 40.7 Å². The lowest BCUT2D eigenvalue weighted by molar-refractivity contribution is -0.133. The van der Waals surface area contributed by atoms with E-state index >= 15 is 0 Å². The summed E-state index contributed by atoms with van der Waals surface area (Å²) in [6.07, 6.45) is 4.00. The van der Waals surface area contributed by atoms with Gasteiger partial charge in [0.15, 0.2) is 0 Å². The fourth-order valence-electron chi connectivity index (χ4n) is 3.22. The molecule has 0 fully saturated rings. The summed E-state index contributed by atoms with van der Waals surface area (Å²) in [5.74, 6) is -0.222. The second-order valence-corrected chi connectivity index (χ2v) is 7.89. The number of fused-ring (bicyclic) bond motifs is 1. The number of para-hydroxylation sites is 1. The number of hydrogen-bond donors (Lipinski definition) is 2. The van der Waals surface area contributed by atoms with E-state index in [0.717, 1.165) is 34.1 Å². The number of H-pyrrole nitrogens is 1. The van der Waals surface area contributed by atoms with Crippen LogP contribution in [0.3, 0.4) is 0 Å². The van der Waals surface area contributed by atoms with Crippen LogP contribution in [-0.2, 0) is 16.0 Å². The van der Waals surface area contributed by atoms with E-state index < -0.39 is 0 Å². The maximum Gasteiger partial charge on any atom is 0.243 e. The van der Waals surface area contributed by atoms with Crippen molar-refractivity contribution < 1.29 is 9.59 Å². The van der Waals surface area contributed by atoms with Gasteiger partial charge in [0.25, 0.3) is 0 Å². The van der Waals surface area contributed by atoms with Gasteiger partial charge in [0.05, 0.1) is 6.54 Å². The Labute approximate surface area is 173 Å². The lowest BCUT2D eigenvalue weighted by Crippen LogP contribution is -2.34. The highest BCUT2D eigenvalue weighted by atomic mass is 79.9. The quantitative estimate of drug-likeness (QED) is 0.559. The van der Waals surface area contributed by atoms with Gasteiger partial charge in [-0.05, 0) is 55.2 Å². The molecule has 5 nitrogen and oxygen atoms in total. The van der Waals surface area contributed by atoms with Crippen molar-refractivity contribution in [1.82, 2.24) is 9.88 Å². The largest absolute Gasteiger partial charge is 0.361 e. The second kappa shape index (κ2) is 9.06. The number of rotatable bonds is 7. The van der Waals surface area contributed by atoms with Gasteiger partial charge in [-0.15, -0.1) is 0 Å². The summed E-state index contributed by atoms with van der Waals surface area (Å²) in [6.45, 7) is 1.97. The summed E-state index contributed by atoms with van der Waals surface area (Å²) in [5, 5.41) is 4.07. The van der Waals surface area contributed by atoms with Crippen molar-refractivity contribution in [2.75, 3.05) is 18.9 Å². The van der Waals surface area contributed by atoms with Crippen molar-refractivity contribution in [2.24, 2.45) is 0 Å². The van der Waals surface area contributed by atoms with E-state index in [-0.39, 0.29) is 18.4 Å². The fourth-order valence-corrected chi connectivity index (χ4v) is 3.70. The molecule has 3 rings (SSSR count). The number of anilines is 1. The standard InChI is InChI=1S/C22H24BrN3O2/c1-15-12-17(23)10-11-19(15)25-21(27)14-26(2)22(28)9-5-6-16-13-24-20-8-4-3-7-18(16)20/h3-4,7-8,10-13,24H,5-6,9,14H2,1-2H3,(H,25,27). The molecule has 3 aromatic rings. The normalized spacial score (nSPS) is 10.8. The molecule has 0 radical (unpaired) electrons. The highest BCUT2D eigenvalue weighted by Crippen LogP contribution is 2.21. The van der Waals surface area contributed by atoms with Gasteiger partial charge in [0.1, 0.15) is 0 Å². The van der Waals surface area contributed by atoms with Gasteiger partial charge in [-0.25, -0.2) is 0 Å². The average molecular weight is 442 g/mol. The van der Waals surface area contributed by atoms with Gasteiger partial charge in [-0.3, -0.25) is 9.59 Å². The molecule has 6 heteroatoms. The first-order chi connectivity index (χ1) is 13.4. The van der Waals surface area contributed by atoms with Gasteiger partial charge in [0.2, 0.25) is 11.8 Å². The number of amides is 2. The maximum absolute atomic E-state index is 12.4. The molecule has 2 aromatic carbocycles. The number of aromatic nitrogens is 1. The van der Waals surface area contributed by atoms with Crippen LogP contribution in [0.25, 0.3) is 10.9 Å². The zero-order chi connectivity index (χ0) is 20.1. The van der Waals surface area contributed by atoms with Crippen molar-refractivity contribution in [3.05, 3.63) is 64.3 Å². The number of halogens is 1. The smallest absolute Gasteiger partial charge is 0.243 e. The van der Waals surface area contributed by atoms with Gasteiger partial charge in [-0.1, -0.05) is 34.1 Å². The van der Waals surface area contributed by atoms with Crippen LogP contribution in [0.2, 0.25) is 0 Å². The average Bonchev–Trinajstić information content (AvgIpc) is 3.07. The first-order valence-corrected chi connectivity index (χ1v) is 10.1. The predicted octanol–water partition coefficient (Wildman–Crippen LogP) is 4.66. The Morgan fingerprint density at radius 1 is 1.18 bits per heavy atom. The number of nitrogens with zero attached hydrogens (tertiary/aromatic N) is 1. The van der Waals surface area contributed by atoms with Crippen molar-refractivity contribution in [2.45, 2.75) is 26.2 Å². The van der Waals surface area contributed by atoms with Crippen molar-refractivity contribution in [3.63, 3.8) is 0 Å². The zero-order valence-electron chi connectivity index (χ0n) is 16.1. The lowest BCUT2D eigenvalue weighted by Gasteiger charge is -2.17. The number of carbonyl (C=O) groups is 2. The molecular weight excluding hydrogens is 418 g/mol. The number of likely N-dealkylation sites (N-methyl/N-ethyl adjacent to an activating group) is 1. The third kappa shape index (κ3) is 5.01. The number of carbonyl (C=O) groups excluding carboxylic acids is 2. The fraction of sp³-hybridized carbons (Fsp3) is 0.273. The minimum atomic E-state index is -0.196. The third-order valence-electron chi connectivity index (χ3n) is 4.78. The zero-order valence-corrected chi connectivity index (χ0v) is 17.7. The van der Waals surface area contributed by atoms with Crippen LogP contribution >= 0.6 is 15.9 Å². The van der Waals surface area contributed by atoms with E-state index in [1.807, 2.05) is 49.5 Å². The van der Waals surface area contributed by atoms with Crippen molar-refractivity contribution in [3.8, 4) is 0 Å². The van der Waals surface area contributed by atoms with Crippen LogP contribution in [0.4, 0.5) is 5.69 Å². The van der Waals surface area contributed by atoms with E-state index in [9.17, 15) is 9.59 Å². The number of benzene rings is 2. The van der Waals surface area contributed by atoms with Gasteiger partial charge in [-0.2, -0.15) is 0 Å². The van der Waals surface area contributed by atoms with Crippen LogP contribution in [-0.4, -0.2) is 35.3 Å². The SMILES string of the molecule is Cc1cc(Br)ccc1NC(=O)CN(C)C(=O)CCCc1c[nH]c2ccccc12. The minimum Gasteiger partial charge on any atom is -0.361 e. The Kier molecular flexibility index (Phi) is 6.52. The molecule has 146 valence electrons. The Balaban J connectivity index is 1.47. The summed E-state index contributed by atoms with van der Waals surface area (Å²) >= 11 is 3.41. The highest BCUT2D eigenvalue weighted by Gasteiger charge is 2.14. The Morgan fingerprint density at radius 2 is 1.96 bits per heavy atom. The molecule has 0 bridgehead atoms. The van der Waals surface area contributed by atoms with Gasteiger partial charge < -0.3 is 15.2 Å². The Bertz CT molecular complexity index is 996. The second-order valence-electron chi connectivity index (χ2n) is 6.97. The van der Waals surface area contributed by atoms with E-state index in [0.29, 0.717) is 6.42 Å². The van der Waals surface area contributed by atoms with Crippen LogP contribution in [0.1, 0.15) is 24.0 Å². The minimum absolute atomic E-state index is 0.0254. The first-order valence-electron chi connectivity index (χ1n) is 9.29. The summed E-state index contributed by atoms with van der Waals surface area (Å²) in [5.41, 5.74) is 4.05. The van der Waals surface area contributed by atoms with Crippen LogP contribution < -0.4 is 5.32 Å². The van der Waals surface area contributed by atoms with Crippen LogP contribution in [0, 0.1) is 6.92 Å². The molecule has 0 aliphatic rings. The van der Waals surface area contributed by atoms with Crippen LogP contribution in [0.5, 0.6) is 0 Å². The highest BCUT2D eigenvalue weighted by molar-refractivity contribution is 9.10. The Morgan fingerprint density at radius 3 is 2.75 bits per heavy atom. The van der Waals surface area contributed by atoms with E-state index in [1.165, 1.54) is 15.8 Å². The molecule has 28 heavy (non-hydrogen) atoms. The van der Waals surface area contributed by atoms with Crippen molar-refractivity contribution >= 4 is 44.3 Å². The molecule has 0 saturated heterocycles. The molecule has 0 spiro atoms. The topological polar surface area (TPSA) is 65.2 Å².